The molecule has 0 radical (unpaired) electrons. The van der Waals surface area contributed by atoms with Gasteiger partial charge in [0.1, 0.15) is 5.76 Å². The third-order valence-corrected chi connectivity index (χ3v) is 6.72. The second-order valence-electron chi connectivity index (χ2n) is 7.59. The first-order valence-corrected chi connectivity index (χ1v) is 11.5. The van der Waals surface area contributed by atoms with Gasteiger partial charge < -0.3 is 14.5 Å². The molecule has 0 spiro atoms. The molecule has 0 fully saturated rings. The smallest absolute Gasteiger partial charge is 0.361 e. The Balaban J connectivity index is 1.73. The minimum atomic E-state index is -3.67. The molecular weight excluding hydrogens is 446 g/mol. The standard InChI is InChI=1S/C23H25N3O6S/c1-14-11-12-18(33(29,30)26(4)5)13-19(14)24-21(27)16(3)32-23(28)20-15(2)31-22(25-20)17-9-7-6-8-10-17/h6-13,16H,1-5H3,(H,24,27)/t16-/m0/s1. The molecule has 0 unspecified atom stereocenters. The summed E-state index contributed by atoms with van der Waals surface area (Å²) in [6.07, 6.45) is -1.16. The van der Waals surface area contributed by atoms with Crippen LogP contribution in [0.1, 0.15) is 28.7 Å². The number of sulfonamides is 1. The summed E-state index contributed by atoms with van der Waals surface area (Å²) >= 11 is 0. The van der Waals surface area contributed by atoms with E-state index in [1.54, 1.807) is 32.0 Å². The lowest BCUT2D eigenvalue weighted by atomic mass is 10.2. The summed E-state index contributed by atoms with van der Waals surface area (Å²) in [7, 11) is -0.833. The van der Waals surface area contributed by atoms with Crippen LogP contribution in [0.5, 0.6) is 0 Å². The highest BCUT2D eigenvalue weighted by Crippen LogP contribution is 2.24. The number of nitrogens with zero attached hydrogens (tertiary/aromatic N) is 2. The maximum atomic E-state index is 12.6. The summed E-state index contributed by atoms with van der Waals surface area (Å²) in [5.74, 6) is -0.882. The molecule has 2 aromatic carbocycles. The third-order valence-electron chi connectivity index (χ3n) is 4.91. The van der Waals surface area contributed by atoms with Crippen LogP contribution >= 0.6 is 0 Å². The van der Waals surface area contributed by atoms with E-state index in [9.17, 15) is 18.0 Å². The molecule has 1 heterocycles. The van der Waals surface area contributed by atoms with E-state index in [2.05, 4.69) is 10.3 Å². The molecule has 1 aromatic heterocycles. The number of hydrogen-bond acceptors (Lipinski definition) is 7. The number of hydrogen-bond donors (Lipinski definition) is 1. The van der Waals surface area contributed by atoms with E-state index in [1.165, 1.54) is 33.2 Å². The Morgan fingerprint density at radius 1 is 1.09 bits per heavy atom. The van der Waals surface area contributed by atoms with E-state index in [0.29, 0.717) is 16.8 Å². The van der Waals surface area contributed by atoms with Crippen LogP contribution in [0, 0.1) is 13.8 Å². The summed E-state index contributed by atoms with van der Waals surface area (Å²) in [5, 5.41) is 2.62. The van der Waals surface area contributed by atoms with Gasteiger partial charge in [0.2, 0.25) is 15.9 Å². The Morgan fingerprint density at radius 2 is 1.76 bits per heavy atom. The Labute approximate surface area is 192 Å². The van der Waals surface area contributed by atoms with Crippen LogP contribution in [0.25, 0.3) is 11.5 Å². The van der Waals surface area contributed by atoms with Gasteiger partial charge in [-0.1, -0.05) is 24.3 Å². The first-order chi connectivity index (χ1) is 15.5. The van der Waals surface area contributed by atoms with E-state index in [4.69, 9.17) is 9.15 Å². The van der Waals surface area contributed by atoms with Crippen LogP contribution in [0.2, 0.25) is 0 Å². The average molecular weight is 472 g/mol. The number of amides is 1. The monoisotopic (exact) mass is 471 g/mol. The number of esters is 1. The molecule has 0 aliphatic rings. The predicted octanol–water partition coefficient (Wildman–Crippen LogP) is 3.39. The number of carbonyl (C=O) groups excluding carboxylic acids is 2. The number of nitrogens with one attached hydrogen (secondary N) is 1. The molecule has 3 aromatic rings. The Kier molecular flexibility index (Phi) is 6.99. The van der Waals surface area contributed by atoms with Crippen molar-refractivity contribution in [3.8, 4) is 11.5 Å². The zero-order valence-electron chi connectivity index (χ0n) is 18.9. The van der Waals surface area contributed by atoms with Crippen LogP contribution in [0.4, 0.5) is 5.69 Å². The van der Waals surface area contributed by atoms with Crippen molar-refractivity contribution in [1.29, 1.82) is 0 Å². The minimum absolute atomic E-state index is 0.0243. The molecule has 33 heavy (non-hydrogen) atoms. The van der Waals surface area contributed by atoms with E-state index in [0.717, 1.165) is 4.31 Å². The molecule has 174 valence electrons. The third kappa shape index (κ3) is 5.29. The van der Waals surface area contributed by atoms with Gasteiger partial charge in [0.25, 0.3) is 5.91 Å². The van der Waals surface area contributed by atoms with Crippen molar-refractivity contribution in [2.24, 2.45) is 0 Å². The quantitative estimate of drug-likeness (QED) is 0.525. The number of aromatic nitrogens is 1. The van der Waals surface area contributed by atoms with Gasteiger partial charge >= 0.3 is 5.97 Å². The fourth-order valence-electron chi connectivity index (χ4n) is 2.90. The molecule has 9 nitrogen and oxygen atoms in total. The highest BCUT2D eigenvalue weighted by Gasteiger charge is 2.25. The lowest BCUT2D eigenvalue weighted by Gasteiger charge is -2.16. The summed E-state index contributed by atoms with van der Waals surface area (Å²) in [5.41, 5.74) is 1.63. The summed E-state index contributed by atoms with van der Waals surface area (Å²) in [4.78, 5) is 29.5. The van der Waals surface area contributed by atoms with Crippen LogP contribution in [0.15, 0.2) is 57.8 Å². The van der Waals surface area contributed by atoms with E-state index in [-0.39, 0.29) is 22.2 Å². The van der Waals surface area contributed by atoms with Gasteiger partial charge in [0.15, 0.2) is 11.8 Å². The molecule has 1 amide bonds. The number of anilines is 1. The maximum absolute atomic E-state index is 12.6. The Bertz CT molecular complexity index is 1280. The van der Waals surface area contributed by atoms with Crippen molar-refractivity contribution in [2.75, 3.05) is 19.4 Å². The first kappa shape index (κ1) is 24.1. The molecule has 1 atom stereocenters. The number of carbonyl (C=O) groups is 2. The van der Waals surface area contributed by atoms with Crippen molar-refractivity contribution < 1.29 is 27.2 Å². The predicted molar refractivity (Wildman–Crippen MR) is 122 cm³/mol. The molecule has 10 heteroatoms. The molecule has 0 aliphatic heterocycles. The molecule has 3 rings (SSSR count). The number of ether oxygens (including phenoxy) is 1. The summed E-state index contributed by atoms with van der Waals surface area (Å²) in [6, 6.07) is 13.5. The number of rotatable bonds is 7. The van der Waals surface area contributed by atoms with Crippen LogP contribution < -0.4 is 5.32 Å². The fourth-order valence-corrected chi connectivity index (χ4v) is 3.83. The van der Waals surface area contributed by atoms with Gasteiger partial charge in [-0.3, -0.25) is 4.79 Å². The molecule has 0 saturated heterocycles. The van der Waals surface area contributed by atoms with Crippen molar-refractivity contribution in [2.45, 2.75) is 31.8 Å². The second kappa shape index (κ2) is 9.55. The highest BCUT2D eigenvalue weighted by atomic mass is 32.2. The summed E-state index contributed by atoms with van der Waals surface area (Å²) < 4.78 is 36.7. The van der Waals surface area contributed by atoms with Crippen molar-refractivity contribution in [3.63, 3.8) is 0 Å². The van der Waals surface area contributed by atoms with E-state index >= 15 is 0 Å². The van der Waals surface area contributed by atoms with E-state index < -0.39 is 28.0 Å². The average Bonchev–Trinajstić information content (AvgIpc) is 3.17. The van der Waals surface area contributed by atoms with Crippen LogP contribution in [-0.2, 0) is 19.6 Å². The molecule has 1 N–H and O–H groups in total. The van der Waals surface area contributed by atoms with Crippen LogP contribution in [-0.4, -0.2) is 49.8 Å². The lowest BCUT2D eigenvalue weighted by molar-refractivity contribution is -0.123. The highest BCUT2D eigenvalue weighted by molar-refractivity contribution is 7.89. The van der Waals surface area contributed by atoms with Gasteiger partial charge in [-0.15, -0.1) is 0 Å². The lowest BCUT2D eigenvalue weighted by Crippen LogP contribution is -2.30. The largest absolute Gasteiger partial charge is 0.448 e. The van der Waals surface area contributed by atoms with Gasteiger partial charge in [0, 0.05) is 25.3 Å². The van der Waals surface area contributed by atoms with Crippen molar-refractivity contribution in [3.05, 3.63) is 65.5 Å². The van der Waals surface area contributed by atoms with Gasteiger partial charge in [-0.2, -0.15) is 0 Å². The zero-order valence-corrected chi connectivity index (χ0v) is 19.8. The second-order valence-corrected chi connectivity index (χ2v) is 9.74. The maximum Gasteiger partial charge on any atom is 0.361 e. The number of aryl methyl sites for hydroxylation is 2. The molecule has 0 aliphatic carbocycles. The van der Waals surface area contributed by atoms with Crippen LogP contribution in [0.3, 0.4) is 0 Å². The van der Waals surface area contributed by atoms with Crippen molar-refractivity contribution in [1.82, 2.24) is 9.29 Å². The summed E-state index contributed by atoms with van der Waals surface area (Å²) in [6.45, 7) is 4.72. The number of oxazole rings is 1. The Morgan fingerprint density at radius 3 is 2.39 bits per heavy atom. The molecule has 0 saturated carbocycles. The van der Waals surface area contributed by atoms with Gasteiger partial charge in [0.05, 0.1) is 4.90 Å². The molecule has 0 bridgehead atoms. The van der Waals surface area contributed by atoms with Gasteiger partial charge in [-0.05, 0) is 50.6 Å². The van der Waals surface area contributed by atoms with E-state index in [1.807, 2.05) is 18.2 Å². The Hall–Kier alpha value is -3.50. The minimum Gasteiger partial charge on any atom is -0.448 e. The SMILES string of the molecule is Cc1ccc(S(=O)(=O)N(C)C)cc1NC(=O)[C@H](C)OC(=O)c1nc(-c2ccccc2)oc1C. The normalized spacial score (nSPS) is 12.4. The number of benzene rings is 2. The first-order valence-electron chi connectivity index (χ1n) is 10.1. The fraction of sp³-hybridized carbons (Fsp3) is 0.261. The zero-order chi connectivity index (χ0) is 24.3. The van der Waals surface area contributed by atoms with Gasteiger partial charge in [-0.25, -0.2) is 22.5 Å². The van der Waals surface area contributed by atoms with Crippen molar-refractivity contribution >= 4 is 27.6 Å². The topological polar surface area (TPSA) is 119 Å². The molecular formula is C23H25N3O6S.